The van der Waals surface area contributed by atoms with Gasteiger partial charge >= 0.3 is 0 Å². The van der Waals surface area contributed by atoms with Crippen molar-refractivity contribution in [3.8, 4) is 0 Å². The summed E-state index contributed by atoms with van der Waals surface area (Å²) in [5.41, 5.74) is 5.65. The summed E-state index contributed by atoms with van der Waals surface area (Å²) < 4.78 is 0. The fourth-order valence-corrected chi connectivity index (χ4v) is 1.43. The van der Waals surface area contributed by atoms with E-state index in [0.29, 0.717) is 6.04 Å². The fourth-order valence-electron chi connectivity index (χ4n) is 1.43. The first-order valence-electron chi connectivity index (χ1n) is 4.92. The van der Waals surface area contributed by atoms with E-state index >= 15 is 0 Å². The second-order valence-electron chi connectivity index (χ2n) is 3.80. The minimum Gasteiger partial charge on any atom is -0.328 e. The molecule has 0 radical (unpaired) electrons. The summed E-state index contributed by atoms with van der Waals surface area (Å²) in [5, 5.41) is 0. The zero-order chi connectivity index (χ0) is 8.69. The Morgan fingerprint density at radius 1 is 1.09 bits per heavy atom. The third kappa shape index (κ3) is 7.86. The van der Waals surface area contributed by atoms with Crippen LogP contribution in [0.1, 0.15) is 52.9 Å². The first-order chi connectivity index (χ1) is 5.16. The molecule has 0 saturated heterocycles. The van der Waals surface area contributed by atoms with Crippen molar-refractivity contribution in [1.29, 1.82) is 0 Å². The van der Waals surface area contributed by atoms with Crippen LogP contribution in [0.15, 0.2) is 0 Å². The number of hydrogen-bond acceptors (Lipinski definition) is 1. The zero-order valence-corrected chi connectivity index (χ0v) is 8.27. The van der Waals surface area contributed by atoms with Crippen molar-refractivity contribution in [2.45, 2.75) is 58.9 Å². The molecule has 0 bridgehead atoms. The lowest BCUT2D eigenvalue weighted by atomic mass is 9.98. The Bertz CT molecular complexity index is 78.9. The molecule has 11 heavy (non-hydrogen) atoms. The van der Waals surface area contributed by atoms with Crippen LogP contribution in [0, 0.1) is 5.92 Å². The van der Waals surface area contributed by atoms with E-state index in [4.69, 9.17) is 5.73 Å². The number of nitrogens with two attached hydrogens (primary N) is 1. The Balaban J connectivity index is 3.10. The predicted molar refractivity (Wildman–Crippen MR) is 51.6 cm³/mol. The van der Waals surface area contributed by atoms with Crippen LogP contribution in [0.5, 0.6) is 0 Å². The molecule has 0 aromatic rings. The average molecular weight is 157 g/mol. The van der Waals surface area contributed by atoms with Crippen molar-refractivity contribution in [1.82, 2.24) is 0 Å². The summed E-state index contributed by atoms with van der Waals surface area (Å²) in [7, 11) is 0. The van der Waals surface area contributed by atoms with Gasteiger partial charge in [0, 0.05) is 6.04 Å². The van der Waals surface area contributed by atoms with E-state index in [0.717, 1.165) is 5.92 Å². The topological polar surface area (TPSA) is 26.0 Å². The van der Waals surface area contributed by atoms with Gasteiger partial charge in [-0.05, 0) is 19.3 Å². The molecule has 0 aromatic heterocycles. The fraction of sp³-hybridized carbons (Fsp3) is 1.00. The van der Waals surface area contributed by atoms with E-state index < -0.39 is 0 Å². The Morgan fingerprint density at radius 2 is 1.73 bits per heavy atom. The van der Waals surface area contributed by atoms with Gasteiger partial charge < -0.3 is 5.73 Å². The molecule has 0 rings (SSSR count). The molecule has 0 aliphatic carbocycles. The molecule has 0 unspecified atom stereocenters. The average Bonchev–Trinajstić information content (AvgIpc) is 1.87. The van der Waals surface area contributed by atoms with Crippen molar-refractivity contribution in [3.05, 3.63) is 0 Å². The maximum atomic E-state index is 5.65. The minimum atomic E-state index is 0.392. The van der Waals surface area contributed by atoms with Crippen molar-refractivity contribution in [2.24, 2.45) is 11.7 Å². The van der Waals surface area contributed by atoms with Crippen molar-refractivity contribution < 1.29 is 0 Å². The summed E-state index contributed by atoms with van der Waals surface area (Å²) in [4.78, 5) is 0. The predicted octanol–water partition coefficient (Wildman–Crippen LogP) is 2.94. The molecule has 0 fully saturated rings. The molecule has 0 spiro atoms. The maximum absolute atomic E-state index is 5.65. The smallest absolute Gasteiger partial charge is 0.00104 e. The standard InChI is InChI=1S/C10H23N/c1-4-6-9(2)7-5-8-10(3)11/h9-10H,4-8,11H2,1-3H3/t9-,10+/m0/s1. The highest BCUT2D eigenvalue weighted by atomic mass is 14.6. The van der Waals surface area contributed by atoms with Gasteiger partial charge in [-0.3, -0.25) is 0 Å². The van der Waals surface area contributed by atoms with Gasteiger partial charge in [0.1, 0.15) is 0 Å². The van der Waals surface area contributed by atoms with Gasteiger partial charge in [-0.15, -0.1) is 0 Å². The summed E-state index contributed by atoms with van der Waals surface area (Å²) in [6.07, 6.45) is 6.54. The third-order valence-corrected chi connectivity index (χ3v) is 2.14. The molecule has 0 heterocycles. The third-order valence-electron chi connectivity index (χ3n) is 2.14. The zero-order valence-electron chi connectivity index (χ0n) is 8.27. The maximum Gasteiger partial charge on any atom is 0.00104 e. The van der Waals surface area contributed by atoms with Crippen molar-refractivity contribution >= 4 is 0 Å². The van der Waals surface area contributed by atoms with Crippen LogP contribution in [0.4, 0.5) is 0 Å². The first-order valence-corrected chi connectivity index (χ1v) is 4.92. The van der Waals surface area contributed by atoms with Crippen molar-refractivity contribution in [3.63, 3.8) is 0 Å². The molecule has 2 atom stereocenters. The lowest BCUT2D eigenvalue weighted by molar-refractivity contribution is 0.449. The normalized spacial score (nSPS) is 16.4. The molecule has 0 amide bonds. The molecular formula is C10H23N. The van der Waals surface area contributed by atoms with Gasteiger partial charge in [0.05, 0.1) is 0 Å². The van der Waals surface area contributed by atoms with Crippen molar-refractivity contribution in [2.75, 3.05) is 0 Å². The van der Waals surface area contributed by atoms with Gasteiger partial charge in [0.25, 0.3) is 0 Å². The molecular weight excluding hydrogens is 134 g/mol. The first kappa shape index (κ1) is 11.0. The summed E-state index contributed by atoms with van der Waals surface area (Å²) >= 11 is 0. The number of hydrogen-bond donors (Lipinski definition) is 1. The lowest BCUT2D eigenvalue weighted by Crippen LogP contribution is -2.14. The molecule has 0 aliphatic rings. The van der Waals surface area contributed by atoms with Crippen LogP contribution in [-0.2, 0) is 0 Å². The largest absolute Gasteiger partial charge is 0.328 e. The molecule has 0 aliphatic heterocycles. The van der Waals surface area contributed by atoms with Gasteiger partial charge in [-0.1, -0.05) is 39.5 Å². The lowest BCUT2D eigenvalue weighted by Gasteiger charge is -2.10. The summed E-state index contributed by atoms with van der Waals surface area (Å²) in [6, 6.07) is 0.392. The highest BCUT2D eigenvalue weighted by molar-refractivity contribution is 4.57. The molecule has 0 saturated carbocycles. The molecule has 68 valence electrons. The van der Waals surface area contributed by atoms with Gasteiger partial charge in [-0.25, -0.2) is 0 Å². The highest BCUT2D eigenvalue weighted by Gasteiger charge is 2.00. The van der Waals surface area contributed by atoms with Crippen LogP contribution >= 0.6 is 0 Å². The minimum absolute atomic E-state index is 0.392. The Labute approximate surface area is 71.4 Å². The second-order valence-corrected chi connectivity index (χ2v) is 3.80. The second kappa shape index (κ2) is 6.66. The van der Waals surface area contributed by atoms with Crippen LogP contribution < -0.4 is 5.73 Å². The van der Waals surface area contributed by atoms with E-state index in [2.05, 4.69) is 20.8 Å². The van der Waals surface area contributed by atoms with Gasteiger partial charge in [-0.2, -0.15) is 0 Å². The summed E-state index contributed by atoms with van der Waals surface area (Å²) in [6.45, 7) is 6.68. The molecule has 1 nitrogen and oxygen atoms in total. The SMILES string of the molecule is CCC[C@H](C)CCC[C@@H](C)N. The quantitative estimate of drug-likeness (QED) is 0.630. The van der Waals surface area contributed by atoms with Crippen LogP contribution in [0.25, 0.3) is 0 Å². The Hall–Kier alpha value is -0.0400. The van der Waals surface area contributed by atoms with E-state index in [1.54, 1.807) is 0 Å². The van der Waals surface area contributed by atoms with Gasteiger partial charge in [0.15, 0.2) is 0 Å². The van der Waals surface area contributed by atoms with E-state index in [9.17, 15) is 0 Å². The molecule has 0 aromatic carbocycles. The Morgan fingerprint density at radius 3 is 2.18 bits per heavy atom. The van der Waals surface area contributed by atoms with E-state index in [-0.39, 0.29) is 0 Å². The van der Waals surface area contributed by atoms with E-state index in [1.807, 2.05) is 0 Å². The molecule has 2 N–H and O–H groups in total. The monoisotopic (exact) mass is 157 g/mol. The van der Waals surface area contributed by atoms with E-state index in [1.165, 1.54) is 32.1 Å². The number of rotatable bonds is 6. The molecule has 1 heteroatoms. The Kier molecular flexibility index (Phi) is 6.63. The van der Waals surface area contributed by atoms with Gasteiger partial charge in [0.2, 0.25) is 0 Å². The highest BCUT2D eigenvalue weighted by Crippen LogP contribution is 2.13. The van der Waals surface area contributed by atoms with Crippen LogP contribution in [0.3, 0.4) is 0 Å². The van der Waals surface area contributed by atoms with Crippen LogP contribution in [0.2, 0.25) is 0 Å². The van der Waals surface area contributed by atoms with Crippen LogP contribution in [-0.4, -0.2) is 6.04 Å². The summed E-state index contributed by atoms with van der Waals surface area (Å²) in [5.74, 6) is 0.902.